The van der Waals surface area contributed by atoms with Crippen molar-refractivity contribution in [2.75, 3.05) is 19.7 Å². The van der Waals surface area contributed by atoms with Gasteiger partial charge in [0, 0.05) is 0 Å². The Bertz CT molecular complexity index is 327. The van der Waals surface area contributed by atoms with Crippen molar-refractivity contribution in [2.24, 2.45) is 0 Å². The summed E-state index contributed by atoms with van der Waals surface area (Å²) in [5.41, 5.74) is -0.794. The van der Waals surface area contributed by atoms with Crippen LogP contribution in [0.2, 0.25) is 0 Å². The van der Waals surface area contributed by atoms with Crippen molar-refractivity contribution >= 4 is 6.09 Å². The third-order valence-electron chi connectivity index (χ3n) is 2.39. The third kappa shape index (κ3) is 4.87. The number of carbonyl (C=O) groups excluding carboxylic acids is 1. The summed E-state index contributed by atoms with van der Waals surface area (Å²) in [5.74, 6) is 0. The molecular formula is C11H18F3NO4. The molecule has 0 bridgehead atoms. The lowest BCUT2D eigenvalue weighted by Gasteiger charge is -2.38. The van der Waals surface area contributed by atoms with E-state index in [0.29, 0.717) is 0 Å². The zero-order valence-electron chi connectivity index (χ0n) is 11.0. The molecule has 5 nitrogen and oxygen atoms in total. The van der Waals surface area contributed by atoms with Gasteiger partial charge in [0.25, 0.3) is 0 Å². The third-order valence-corrected chi connectivity index (χ3v) is 2.39. The summed E-state index contributed by atoms with van der Waals surface area (Å²) in [6.07, 6.45) is -8.60. The molecule has 2 atom stereocenters. The van der Waals surface area contributed by atoms with Gasteiger partial charge in [-0.2, -0.15) is 13.2 Å². The van der Waals surface area contributed by atoms with E-state index in [-0.39, 0.29) is 6.54 Å². The van der Waals surface area contributed by atoms with Crippen LogP contribution in [0.5, 0.6) is 0 Å². The zero-order chi connectivity index (χ0) is 14.8. The lowest BCUT2D eigenvalue weighted by molar-refractivity contribution is -0.254. The molecule has 1 aliphatic heterocycles. The van der Waals surface area contributed by atoms with Gasteiger partial charge in [-0.1, -0.05) is 0 Å². The minimum atomic E-state index is -4.59. The maximum atomic E-state index is 12.6. The van der Waals surface area contributed by atoms with Crippen molar-refractivity contribution in [2.45, 2.75) is 44.8 Å². The number of amides is 1. The van der Waals surface area contributed by atoms with Crippen molar-refractivity contribution in [1.82, 2.24) is 4.90 Å². The molecule has 1 amide bonds. The minimum Gasteiger partial charge on any atom is -0.444 e. The van der Waals surface area contributed by atoms with Gasteiger partial charge in [0.15, 0.2) is 6.10 Å². The average Bonchev–Trinajstić information content (AvgIpc) is 2.25. The number of nitrogens with zero attached hydrogens (tertiary/aromatic N) is 1. The maximum absolute atomic E-state index is 12.6. The van der Waals surface area contributed by atoms with E-state index in [9.17, 15) is 18.0 Å². The van der Waals surface area contributed by atoms with E-state index in [0.717, 1.165) is 4.90 Å². The van der Waals surface area contributed by atoms with Crippen LogP contribution in [0.1, 0.15) is 20.8 Å². The Morgan fingerprint density at radius 3 is 2.37 bits per heavy atom. The molecular weight excluding hydrogens is 267 g/mol. The number of ether oxygens (including phenoxy) is 2. The van der Waals surface area contributed by atoms with Crippen molar-refractivity contribution in [3.63, 3.8) is 0 Å². The second kappa shape index (κ2) is 5.54. The molecule has 0 spiro atoms. The van der Waals surface area contributed by atoms with Gasteiger partial charge in [-0.25, -0.2) is 4.79 Å². The van der Waals surface area contributed by atoms with E-state index in [4.69, 9.17) is 9.84 Å². The fraction of sp³-hybridized carbons (Fsp3) is 0.909. The Labute approximate surface area is 109 Å². The van der Waals surface area contributed by atoms with Gasteiger partial charge in [0.05, 0.1) is 25.8 Å². The smallest absolute Gasteiger partial charge is 0.416 e. The van der Waals surface area contributed by atoms with Crippen LogP contribution in [-0.4, -0.2) is 59.8 Å². The molecule has 1 fully saturated rings. The van der Waals surface area contributed by atoms with Crippen LogP contribution in [0, 0.1) is 0 Å². The molecule has 1 N–H and O–H groups in total. The van der Waals surface area contributed by atoms with E-state index in [1.165, 1.54) is 0 Å². The molecule has 1 heterocycles. The highest BCUT2D eigenvalue weighted by molar-refractivity contribution is 5.68. The van der Waals surface area contributed by atoms with E-state index in [2.05, 4.69) is 4.74 Å². The molecule has 1 saturated heterocycles. The summed E-state index contributed by atoms with van der Waals surface area (Å²) < 4.78 is 47.6. The predicted octanol–water partition coefficient (Wildman–Crippen LogP) is 1.55. The zero-order valence-corrected chi connectivity index (χ0v) is 11.0. The summed E-state index contributed by atoms with van der Waals surface area (Å²) >= 11 is 0. The molecule has 0 aromatic heterocycles. The molecule has 0 aromatic rings. The standard InChI is InChI=1S/C11H18F3NO4/c1-10(2,3)19-9(17)15-4-7(6-16)18-8(5-15)11(12,13)14/h7-8,16H,4-6H2,1-3H3/t7-,8+/m1/s1. The first kappa shape index (κ1) is 16.0. The van der Waals surface area contributed by atoms with Crippen LogP contribution >= 0.6 is 0 Å². The lowest BCUT2D eigenvalue weighted by Crippen LogP contribution is -2.56. The highest BCUT2D eigenvalue weighted by Gasteiger charge is 2.47. The number of hydrogen-bond acceptors (Lipinski definition) is 4. The molecule has 0 unspecified atom stereocenters. The van der Waals surface area contributed by atoms with E-state index >= 15 is 0 Å². The van der Waals surface area contributed by atoms with Crippen molar-refractivity contribution in [3.05, 3.63) is 0 Å². The maximum Gasteiger partial charge on any atom is 0.416 e. The topological polar surface area (TPSA) is 59.0 Å². The number of carbonyl (C=O) groups is 1. The van der Waals surface area contributed by atoms with Gasteiger partial charge in [-0.05, 0) is 20.8 Å². The van der Waals surface area contributed by atoms with E-state index in [1.807, 2.05) is 0 Å². The fourth-order valence-electron chi connectivity index (χ4n) is 1.60. The SMILES string of the molecule is CC(C)(C)OC(=O)N1C[C@H](CO)O[C@H](C(F)(F)F)C1. The number of rotatable bonds is 1. The van der Waals surface area contributed by atoms with Crippen LogP contribution in [0.4, 0.5) is 18.0 Å². The van der Waals surface area contributed by atoms with Crippen molar-refractivity contribution in [1.29, 1.82) is 0 Å². The Hall–Kier alpha value is -1.02. The second-order valence-corrected chi connectivity index (χ2v) is 5.36. The molecule has 112 valence electrons. The van der Waals surface area contributed by atoms with E-state index < -0.39 is 43.2 Å². The Morgan fingerprint density at radius 1 is 1.37 bits per heavy atom. The van der Waals surface area contributed by atoms with Gasteiger partial charge in [-0.15, -0.1) is 0 Å². The van der Waals surface area contributed by atoms with Gasteiger partial charge in [0.2, 0.25) is 0 Å². The van der Waals surface area contributed by atoms with Crippen molar-refractivity contribution in [3.8, 4) is 0 Å². The molecule has 0 saturated carbocycles. The van der Waals surface area contributed by atoms with Crippen LogP contribution in [0.15, 0.2) is 0 Å². The number of halogens is 3. The van der Waals surface area contributed by atoms with E-state index in [1.54, 1.807) is 20.8 Å². The molecule has 1 rings (SSSR count). The quantitative estimate of drug-likeness (QED) is 0.794. The Kier molecular flexibility index (Phi) is 4.67. The molecule has 19 heavy (non-hydrogen) atoms. The number of aliphatic hydroxyl groups is 1. The van der Waals surface area contributed by atoms with Gasteiger partial charge in [0.1, 0.15) is 5.60 Å². The summed E-state index contributed by atoms with van der Waals surface area (Å²) in [7, 11) is 0. The molecule has 1 aliphatic rings. The highest BCUT2D eigenvalue weighted by atomic mass is 19.4. The average molecular weight is 285 g/mol. The molecule has 0 aliphatic carbocycles. The summed E-state index contributed by atoms with van der Waals surface area (Å²) in [4.78, 5) is 12.7. The first-order chi connectivity index (χ1) is 8.53. The number of alkyl halides is 3. The lowest BCUT2D eigenvalue weighted by atomic mass is 10.2. The molecule has 0 radical (unpaired) electrons. The number of morpholine rings is 1. The fourth-order valence-corrected chi connectivity index (χ4v) is 1.60. The van der Waals surface area contributed by atoms with Crippen LogP contribution in [0.25, 0.3) is 0 Å². The second-order valence-electron chi connectivity index (χ2n) is 5.36. The Balaban J connectivity index is 2.75. The van der Waals surface area contributed by atoms with Gasteiger partial charge >= 0.3 is 12.3 Å². The normalized spacial score (nSPS) is 25.3. The van der Waals surface area contributed by atoms with Crippen LogP contribution in [-0.2, 0) is 9.47 Å². The number of aliphatic hydroxyl groups excluding tert-OH is 1. The van der Waals surface area contributed by atoms with Crippen LogP contribution < -0.4 is 0 Å². The van der Waals surface area contributed by atoms with Gasteiger partial charge < -0.3 is 19.5 Å². The molecule has 8 heteroatoms. The highest BCUT2D eigenvalue weighted by Crippen LogP contribution is 2.28. The first-order valence-corrected chi connectivity index (χ1v) is 5.84. The first-order valence-electron chi connectivity index (χ1n) is 5.84. The summed E-state index contributed by atoms with van der Waals surface area (Å²) in [5, 5.41) is 8.94. The largest absolute Gasteiger partial charge is 0.444 e. The monoisotopic (exact) mass is 285 g/mol. The summed E-state index contributed by atoms with van der Waals surface area (Å²) in [6, 6.07) is 0. The van der Waals surface area contributed by atoms with Crippen molar-refractivity contribution < 1.29 is 32.5 Å². The molecule has 0 aromatic carbocycles. The number of hydrogen-bond donors (Lipinski definition) is 1. The minimum absolute atomic E-state index is 0.127. The summed E-state index contributed by atoms with van der Waals surface area (Å²) in [6.45, 7) is 3.52. The predicted molar refractivity (Wildman–Crippen MR) is 59.6 cm³/mol. The van der Waals surface area contributed by atoms with Gasteiger partial charge in [-0.3, -0.25) is 0 Å². The van der Waals surface area contributed by atoms with Crippen LogP contribution in [0.3, 0.4) is 0 Å². The Morgan fingerprint density at radius 2 is 1.95 bits per heavy atom.